The largest absolute Gasteiger partial charge is 0.388 e. The van der Waals surface area contributed by atoms with Gasteiger partial charge >= 0.3 is 0 Å². The lowest BCUT2D eigenvalue weighted by atomic mass is 10.1. The van der Waals surface area contributed by atoms with E-state index in [1.807, 2.05) is 39.1 Å². The maximum absolute atomic E-state index is 10.5. The molecule has 178 valence electrons. The minimum atomic E-state index is 0. The summed E-state index contributed by atoms with van der Waals surface area (Å²) in [7, 11) is 3.87. The quantitative estimate of drug-likeness (QED) is 0.349. The van der Waals surface area contributed by atoms with Crippen LogP contribution in [0.15, 0.2) is 47.4 Å². The Hall–Kier alpha value is -2.27. The van der Waals surface area contributed by atoms with E-state index in [4.69, 9.17) is 4.79 Å². The van der Waals surface area contributed by atoms with Crippen LogP contribution in [0.4, 0.5) is 11.4 Å². The summed E-state index contributed by atoms with van der Waals surface area (Å²) in [5.74, 6) is 2.66. The lowest BCUT2D eigenvalue weighted by molar-refractivity contribution is -0.0980. The molecule has 4 rings (SSSR count). The third kappa shape index (κ3) is 10.4. The van der Waals surface area contributed by atoms with Crippen LogP contribution in [-0.4, -0.2) is 33.4 Å². The van der Waals surface area contributed by atoms with E-state index in [1.54, 1.807) is 11.8 Å². The van der Waals surface area contributed by atoms with Gasteiger partial charge in [-0.2, -0.15) is 0 Å². The first-order valence-electron chi connectivity index (χ1n) is 10.9. The van der Waals surface area contributed by atoms with Gasteiger partial charge in [0.2, 0.25) is 0 Å². The predicted molar refractivity (Wildman–Crippen MR) is 143 cm³/mol. The summed E-state index contributed by atoms with van der Waals surface area (Å²) < 4.78 is 0. The molecule has 2 atom stereocenters. The zero-order valence-corrected chi connectivity index (χ0v) is 20.4. The highest BCUT2D eigenvalue weighted by Gasteiger charge is 2.33. The molecule has 2 saturated carbocycles. The molecule has 0 heterocycles. The monoisotopic (exact) mass is 458 g/mol. The smallest absolute Gasteiger partial charge is 0.150 e. The van der Waals surface area contributed by atoms with Crippen molar-refractivity contribution in [2.24, 2.45) is 11.8 Å². The standard InChI is InChI=1S/C11H12O.C9H14N2S.C5H10.CH2O.CH4/c1-8-5-11(8)10-4-2-3-9(6-10)7-12;1-10-7-4-5-8(11-2)9(6-7)12-3;1-2-5-3-4-5;1-2;/h2-4,6-8,11H,5H2,1H3;4-6,10-11H,1-3H3;5H,2-4H2,1H3;1H2;1H4. The highest BCUT2D eigenvalue weighted by atomic mass is 32.2. The van der Waals surface area contributed by atoms with Crippen molar-refractivity contribution in [3.63, 3.8) is 0 Å². The van der Waals surface area contributed by atoms with Crippen molar-refractivity contribution in [1.29, 1.82) is 0 Å². The van der Waals surface area contributed by atoms with E-state index in [0.717, 1.165) is 29.4 Å². The topological polar surface area (TPSA) is 58.2 Å². The Bertz CT molecular complexity index is 793. The Morgan fingerprint density at radius 1 is 1.09 bits per heavy atom. The van der Waals surface area contributed by atoms with Gasteiger partial charge in [-0.05, 0) is 60.3 Å². The van der Waals surface area contributed by atoms with Gasteiger partial charge in [-0.1, -0.05) is 58.7 Å². The molecule has 4 nitrogen and oxygen atoms in total. The van der Waals surface area contributed by atoms with Gasteiger partial charge in [-0.3, -0.25) is 4.79 Å². The van der Waals surface area contributed by atoms with Gasteiger partial charge in [0.15, 0.2) is 0 Å². The van der Waals surface area contributed by atoms with E-state index >= 15 is 0 Å². The van der Waals surface area contributed by atoms with Crippen LogP contribution in [0.25, 0.3) is 0 Å². The van der Waals surface area contributed by atoms with Gasteiger partial charge < -0.3 is 15.4 Å². The molecule has 2 unspecified atom stereocenters. The Labute approximate surface area is 200 Å². The van der Waals surface area contributed by atoms with Gasteiger partial charge in [0.25, 0.3) is 0 Å². The SMILES string of the molecule is C.C=O.CC1CC1c1cccc(C=O)c1.CCC1CC1.CNc1ccc(NC)c(SC)c1. The van der Waals surface area contributed by atoms with Crippen LogP contribution in [0.1, 0.15) is 68.8 Å². The molecular weight excluding hydrogens is 416 g/mol. The van der Waals surface area contributed by atoms with Crippen molar-refractivity contribution in [2.45, 2.75) is 57.8 Å². The summed E-state index contributed by atoms with van der Waals surface area (Å²) in [4.78, 5) is 19.8. The van der Waals surface area contributed by atoms with E-state index in [-0.39, 0.29) is 7.43 Å². The lowest BCUT2D eigenvalue weighted by Crippen LogP contribution is -1.93. The molecule has 2 aliphatic carbocycles. The molecule has 5 heteroatoms. The normalized spacial score (nSPS) is 17.4. The average Bonchev–Trinajstić information content (AvgIpc) is 3.77. The molecule has 0 spiro atoms. The zero-order chi connectivity index (χ0) is 23.2. The highest BCUT2D eigenvalue weighted by molar-refractivity contribution is 7.98. The summed E-state index contributed by atoms with van der Waals surface area (Å²) in [6, 6.07) is 14.2. The number of rotatable bonds is 6. The van der Waals surface area contributed by atoms with Crippen LogP contribution < -0.4 is 10.6 Å². The molecule has 2 N–H and O–H groups in total. The number of thioether (sulfide) groups is 1. The fourth-order valence-electron chi connectivity index (χ4n) is 3.23. The Kier molecular flexibility index (Phi) is 15.2. The first-order valence-corrected chi connectivity index (χ1v) is 12.2. The van der Waals surface area contributed by atoms with Crippen LogP contribution in [0.3, 0.4) is 0 Å². The van der Waals surface area contributed by atoms with Gasteiger partial charge in [0.05, 0.1) is 0 Å². The number of aldehydes is 1. The van der Waals surface area contributed by atoms with Gasteiger partial charge in [0, 0.05) is 35.9 Å². The van der Waals surface area contributed by atoms with Crippen LogP contribution in [-0.2, 0) is 4.79 Å². The molecule has 0 aliphatic heterocycles. The van der Waals surface area contributed by atoms with Crippen LogP contribution >= 0.6 is 11.8 Å². The third-order valence-electron chi connectivity index (χ3n) is 5.62. The summed E-state index contributed by atoms with van der Waals surface area (Å²) in [5.41, 5.74) is 4.46. The fraction of sp³-hybridized carbons (Fsp3) is 0.481. The van der Waals surface area contributed by atoms with Crippen molar-refractivity contribution in [3.8, 4) is 0 Å². The number of anilines is 2. The van der Waals surface area contributed by atoms with Crippen LogP contribution in [0.5, 0.6) is 0 Å². The fourth-order valence-corrected chi connectivity index (χ4v) is 3.86. The molecule has 32 heavy (non-hydrogen) atoms. The number of carbonyl (C=O) groups excluding carboxylic acids is 2. The molecule has 2 aromatic rings. The minimum Gasteiger partial charge on any atom is -0.388 e. The van der Waals surface area contributed by atoms with E-state index in [0.29, 0.717) is 5.92 Å². The van der Waals surface area contributed by atoms with E-state index < -0.39 is 0 Å². The van der Waals surface area contributed by atoms with Crippen molar-refractivity contribution >= 4 is 36.2 Å². The molecule has 2 aromatic carbocycles. The molecule has 0 aromatic heterocycles. The first kappa shape index (κ1) is 29.7. The molecule has 0 saturated heterocycles. The van der Waals surface area contributed by atoms with Crippen molar-refractivity contribution in [3.05, 3.63) is 53.6 Å². The maximum atomic E-state index is 10.5. The Morgan fingerprint density at radius 2 is 1.75 bits per heavy atom. The molecule has 0 amide bonds. The summed E-state index contributed by atoms with van der Waals surface area (Å²) >= 11 is 1.75. The number of benzene rings is 2. The summed E-state index contributed by atoms with van der Waals surface area (Å²) in [6.07, 6.45) is 8.71. The third-order valence-corrected chi connectivity index (χ3v) is 6.40. The Morgan fingerprint density at radius 3 is 2.16 bits per heavy atom. The highest BCUT2D eigenvalue weighted by Crippen LogP contribution is 2.46. The Balaban J connectivity index is 0.000000455. The number of hydrogen-bond acceptors (Lipinski definition) is 5. The van der Waals surface area contributed by atoms with E-state index in [2.05, 4.69) is 55.0 Å². The minimum absolute atomic E-state index is 0. The molecule has 2 fully saturated rings. The van der Waals surface area contributed by atoms with Gasteiger partial charge in [-0.25, -0.2) is 0 Å². The van der Waals surface area contributed by atoms with E-state index in [1.165, 1.54) is 41.8 Å². The van der Waals surface area contributed by atoms with E-state index in [9.17, 15) is 4.79 Å². The second-order valence-electron chi connectivity index (χ2n) is 7.87. The summed E-state index contributed by atoms with van der Waals surface area (Å²) in [5, 5.41) is 6.26. The van der Waals surface area contributed by atoms with Crippen molar-refractivity contribution in [2.75, 3.05) is 31.0 Å². The number of carbonyl (C=O) groups is 2. The molecular formula is C27H42N2O2S. The molecule has 0 radical (unpaired) electrons. The first-order chi connectivity index (χ1) is 15.1. The van der Waals surface area contributed by atoms with Crippen LogP contribution in [0, 0.1) is 11.8 Å². The van der Waals surface area contributed by atoms with Crippen molar-refractivity contribution < 1.29 is 9.59 Å². The van der Waals surface area contributed by atoms with Gasteiger partial charge in [0.1, 0.15) is 13.1 Å². The average molecular weight is 459 g/mol. The number of nitrogens with one attached hydrogen (secondary N) is 2. The maximum Gasteiger partial charge on any atom is 0.150 e. The van der Waals surface area contributed by atoms with Gasteiger partial charge in [-0.15, -0.1) is 11.8 Å². The van der Waals surface area contributed by atoms with Crippen LogP contribution in [0.2, 0.25) is 0 Å². The molecule has 0 bridgehead atoms. The second kappa shape index (κ2) is 16.4. The number of hydrogen-bond donors (Lipinski definition) is 2. The van der Waals surface area contributed by atoms with Crippen molar-refractivity contribution in [1.82, 2.24) is 0 Å². The second-order valence-corrected chi connectivity index (χ2v) is 8.72. The zero-order valence-electron chi connectivity index (χ0n) is 19.6. The lowest BCUT2D eigenvalue weighted by Gasteiger charge is -2.08. The predicted octanol–water partition coefficient (Wildman–Crippen LogP) is 7.37. The molecule has 2 aliphatic rings. The summed E-state index contributed by atoms with van der Waals surface area (Å²) in [6.45, 7) is 6.51.